The van der Waals surface area contributed by atoms with Crippen LogP contribution in [0.4, 0.5) is 10.8 Å². The Labute approximate surface area is 177 Å². The minimum atomic E-state index is -3.54. The highest BCUT2D eigenvalue weighted by Crippen LogP contribution is 2.31. The van der Waals surface area contributed by atoms with Crippen molar-refractivity contribution in [3.05, 3.63) is 58.5 Å². The van der Waals surface area contributed by atoms with Crippen molar-refractivity contribution in [2.24, 2.45) is 0 Å². The van der Waals surface area contributed by atoms with E-state index in [1.54, 1.807) is 18.2 Å². The van der Waals surface area contributed by atoms with Gasteiger partial charge in [-0.05, 0) is 23.8 Å². The van der Waals surface area contributed by atoms with Crippen LogP contribution in [0.1, 0.15) is 11.1 Å². The van der Waals surface area contributed by atoms with Crippen LogP contribution in [0.3, 0.4) is 0 Å². The number of nitrogens with two attached hydrogens (primary N) is 1. The lowest BCUT2D eigenvalue weighted by Gasteiger charge is -2.10. The highest BCUT2D eigenvalue weighted by atomic mass is 35.5. The van der Waals surface area contributed by atoms with Crippen molar-refractivity contribution in [3.8, 4) is 17.6 Å². The lowest BCUT2D eigenvalue weighted by atomic mass is 10.2. The van der Waals surface area contributed by atoms with Gasteiger partial charge < -0.3 is 16.2 Å². The van der Waals surface area contributed by atoms with Crippen LogP contribution >= 0.6 is 22.9 Å². The van der Waals surface area contributed by atoms with E-state index in [1.807, 2.05) is 6.07 Å². The number of benzene rings is 2. The zero-order valence-corrected chi connectivity index (χ0v) is 17.5. The van der Waals surface area contributed by atoms with Gasteiger partial charge in [-0.3, -0.25) is 0 Å². The quantitative estimate of drug-likeness (QED) is 0.430. The van der Waals surface area contributed by atoms with E-state index in [4.69, 9.17) is 17.3 Å². The molecule has 0 saturated heterocycles. The van der Waals surface area contributed by atoms with Crippen LogP contribution in [-0.4, -0.2) is 25.1 Å². The molecule has 7 nitrogen and oxygen atoms in total. The van der Waals surface area contributed by atoms with Gasteiger partial charge in [-0.2, -0.15) is 0 Å². The number of aromatic nitrogens is 1. The number of anilines is 2. The molecule has 0 atom stereocenters. The first kappa shape index (κ1) is 21.0. The molecule has 0 radical (unpaired) electrons. The average molecular weight is 449 g/mol. The molecule has 10 heteroatoms. The molecule has 0 aliphatic rings. The number of rotatable bonds is 6. The van der Waals surface area contributed by atoms with Crippen LogP contribution in [0.2, 0.25) is 5.02 Å². The van der Waals surface area contributed by atoms with Gasteiger partial charge in [-0.1, -0.05) is 53.5 Å². The Morgan fingerprint density at radius 1 is 1.38 bits per heavy atom. The number of thiazole rings is 1. The molecule has 5 N–H and O–H groups in total. The van der Waals surface area contributed by atoms with Crippen molar-refractivity contribution in [1.82, 2.24) is 9.71 Å². The van der Waals surface area contributed by atoms with Gasteiger partial charge in [0.25, 0.3) is 0 Å². The van der Waals surface area contributed by atoms with Crippen LogP contribution in [0.25, 0.3) is 10.2 Å². The fourth-order valence-electron chi connectivity index (χ4n) is 2.48. The molecule has 29 heavy (non-hydrogen) atoms. The largest absolute Gasteiger partial charge is 0.506 e. The van der Waals surface area contributed by atoms with E-state index < -0.39 is 10.0 Å². The van der Waals surface area contributed by atoms with Gasteiger partial charge in [0, 0.05) is 17.5 Å². The first-order valence-electron chi connectivity index (χ1n) is 8.30. The highest BCUT2D eigenvalue weighted by molar-refractivity contribution is 7.92. The molecule has 0 aliphatic heterocycles. The fraction of sp³-hybridized carbons (Fsp3) is 0.105. The number of aromatic hydroxyl groups is 1. The number of nitrogens with one attached hydrogen (secondary N) is 2. The van der Waals surface area contributed by atoms with E-state index in [0.29, 0.717) is 39.0 Å². The van der Waals surface area contributed by atoms with Crippen LogP contribution in [-0.2, 0) is 16.6 Å². The number of hydrogen-bond acceptors (Lipinski definition) is 7. The summed E-state index contributed by atoms with van der Waals surface area (Å²) in [6.45, 7) is 3.59. The van der Waals surface area contributed by atoms with Crippen molar-refractivity contribution < 1.29 is 13.5 Å². The minimum absolute atomic E-state index is 0.0328. The van der Waals surface area contributed by atoms with Crippen LogP contribution in [0.15, 0.2) is 42.3 Å². The summed E-state index contributed by atoms with van der Waals surface area (Å²) in [4.78, 5) is 4.07. The molecule has 0 spiro atoms. The third kappa shape index (κ3) is 5.19. The Balaban J connectivity index is 1.68. The molecule has 150 valence electrons. The van der Waals surface area contributed by atoms with Gasteiger partial charge in [0.05, 0.1) is 22.0 Å². The van der Waals surface area contributed by atoms with Gasteiger partial charge in [0.15, 0.2) is 5.13 Å². The van der Waals surface area contributed by atoms with E-state index in [1.165, 1.54) is 17.4 Å². The van der Waals surface area contributed by atoms with Crippen molar-refractivity contribution in [2.45, 2.75) is 6.54 Å². The zero-order chi connectivity index (χ0) is 21.0. The number of nitrogens with zero attached hydrogens (tertiary/aromatic N) is 1. The van der Waals surface area contributed by atoms with Crippen molar-refractivity contribution in [2.75, 3.05) is 17.6 Å². The smallest absolute Gasteiger partial charge is 0.233 e. The Bertz CT molecular complexity index is 1240. The number of hydrogen-bond donors (Lipinski definition) is 4. The molecule has 0 amide bonds. The van der Waals surface area contributed by atoms with Crippen molar-refractivity contribution in [1.29, 1.82) is 0 Å². The molecule has 0 fully saturated rings. The van der Waals surface area contributed by atoms with Crippen molar-refractivity contribution in [3.63, 3.8) is 0 Å². The minimum Gasteiger partial charge on any atom is -0.506 e. The molecule has 3 aromatic rings. The maximum absolute atomic E-state index is 11.5. The first-order chi connectivity index (χ1) is 13.8. The van der Waals surface area contributed by atoms with E-state index in [9.17, 15) is 13.5 Å². The molecule has 1 aromatic heterocycles. The van der Waals surface area contributed by atoms with E-state index in [2.05, 4.69) is 33.4 Å². The van der Waals surface area contributed by atoms with Gasteiger partial charge in [0.2, 0.25) is 10.0 Å². The van der Waals surface area contributed by atoms with Gasteiger partial charge >= 0.3 is 0 Å². The fourth-order valence-corrected chi connectivity index (χ4v) is 4.01. The molecular weight excluding hydrogens is 432 g/mol. The second-order valence-electron chi connectivity index (χ2n) is 5.86. The van der Waals surface area contributed by atoms with Crippen molar-refractivity contribution >= 4 is 54.0 Å². The normalized spacial score (nSPS) is 11.1. The van der Waals surface area contributed by atoms with E-state index in [-0.39, 0.29) is 12.3 Å². The Morgan fingerprint density at radius 2 is 2.17 bits per heavy atom. The number of sulfonamides is 1. The summed E-state index contributed by atoms with van der Waals surface area (Å²) >= 11 is 7.62. The Morgan fingerprint density at radius 3 is 2.93 bits per heavy atom. The first-order valence-corrected chi connectivity index (χ1v) is 11.0. The number of nitrogen functional groups attached to an aromatic ring is 1. The third-order valence-electron chi connectivity index (χ3n) is 3.85. The molecule has 0 saturated carbocycles. The predicted molar refractivity (Wildman–Crippen MR) is 118 cm³/mol. The molecule has 0 unspecified atom stereocenters. The molecule has 3 rings (SSSR count). The number of phenols is 1. The molecule has 2 aromatic carbocycles. The predicted octanol–water partition coefficient (Wildman–Crippen LogP) is 3.26. The second-order valence-corrected chi connectivity index (χ2v) is 9.01. The summed E-state index contributed by atoms with van der Waals surface area (Å²) in [7, 11) is -3.54. The lowest BCUT2D eigenvalue weighted by molar-refractivity contribution is 0.480. The zero-order valence-electron chi connectivity index (χ0n) is 15.1. The van der Waals surface area contributed by atoms with Crippen LogP contribution < -0.4 is 15.8 Å². The monoisotopic (exact) mass is 448 g/mol. The summed E-state index contributed by atoms with van der Waals surface area (Å²) < 4.78 is 26.1. The standard InChI is InChI=1S/C19H17ClN4O3S2/c1-2-29(26,27)23-11-13-6-3-7-14(17(13)20)22-8-4-5-12-9-15(25)18-16(10-12)28-19(21)24-18/h2-3,6-7,9-10,22-23,25H,1,8,11H2,(H2,21,24). The SMILES string of the molecule is C=CS(=O)(=O)NCc1cccc(NCC#Cc2cc(O)c3nc(N)sc3c2)c1Cl. The van der Waals surface area contributed by atoms with Gasteiger partial charge in [0.1, 0.15) is 11.3 Å². The number of halogens is 1. The summed E-state index contributed by atoms with van der Waals surface area (Å²) in [5, 5.41) is 14.7. The summed E-state index contributed by atoms with van der Waals surface area (Å²) in [6, 6.07) is 8.61. The third-order valence-corrected chi connectivity index (χ3v) is 6.12. The Kier molecular flexibility index (Phi) is 6.30. The van der Waals surface area contributed by atoms with Crippen LogP contribution in [0.5, 0.6) is 5.75 Å². The summed E-state index contributed by atoms with van der Waals surface area (Å²) in [5.74, 6) is 5.95. The molecule has 1 heterocycles. The van der Waals surface area contributed by atoms with Crippen LogP contribution in [0, 0.1) is 11.8 Å². The van der Waals surface area contributed by atoms with Gasteiger partial charge in [-0.15, -0.1) is 0 Å². The number of fused-ring (bicyclic) bond motifs is 1. The lowest BCUT2D eigenvalue weighted by Crippen LogP contribution is -2.20. The number of phenolic OH excluding ortho intramolecular Hbond substituents is 1. The summed E-state index contributed by atoms with van der Waals surface area (Å²) in [6.07, 6.45) is 0. The highest BCUT2D eigenvalue weighted by Gasteiger charge is 2.09. The molecular formula is C19H17ClN4O3S2. The topological polar surface area (TPSA) is 117 Å². The van der Waals surface area contributed by atoms with Gasteiger partial charge in [-0.25, -0.2) is 18.1 Å². The maximum atomic E-state index is 11.5. The molecule has 0 aliphatic carbocycles. The van der Waals surface area contributed by atoms with E-state index in [0.717, 1.165) is 10.1 Å². The average Bonchev–Trinajstić information content (AvgIpc) is 3.06. The second kappa shape index (κ2) is 8.71. The molecule has 0 bridgehead atoms. The van der Waals surface area contributed by atoms with E-state index >= 15 is 0 Å². The maximum Gasteiger partial charge on any atom is 0.233 e. The Hall–Kier alpha value is -2.77. The summed E-state index contributed by atoms with van der Waals surface area (Å²) in [5.41, 5.74) is 8.02.